The first kappa shape index (κ1) is 17.9. The van der Waals surface area contributed by atoms with E-state index in [-0.39, 0.29) is 0 Å². The van der Waals surface area contributed by atoms with Crippen molar-refractivity contribution in [2.45, 2.75) is 63.6 Å². The second-order valence-corrected chi connectivity index (χ2v) is 7.34. The van der Waals surface area contributed by atoms with Crippen molar-refractivity contribution in [2.24, 2.45) is 0 Å². The molecule has 4 rings (SSSR count). The summed E-state index contributed by atoms with van der Waals surface area (Å²) in [4.78, 5) is 8.85. The van der Waals surface area contributed by atoms with Crippen LogP contribution in [0.4, 0.5) is 0 Å². The van der Waals surface area contributed by atoms with E-state index in [0.717, 1.165) is 43.6 Å². The van der Waals surface area contributed by atoms with Gasteiger partial charge < -0.3 is 9.67 Å². The zero-order valence-electron chi connectivity index (χ0n) is 15.6. The lowest BCUT2D eigenvalue weighted by Gasteiger charge is -2.23. The number of aromatic nitrogens is 5. The average molecular weight is 365 g/mol. The number of hydrogen-bond donors (Lipinski definition) is 1. The van der Waals surface area contributed by atoms with Crippen molar-refractivity contribution in [3.05, 3.63) is 66.3 Å². The molecule has 6 heteroatoms. The van der Waals surface area contributed by atoms with Gasteiger partial charge in [-0.05, 0) is 24.8 Å². The zero-order chi connectivity index (χ0) is 18.5. The number of aryl methyl sites for hydroxylation is 2. The maximum absolute atomic E-state index is 10.8. The van der Waals surface area contributed by atoms with Gasteiger partial charge in [-0.2, -0.15) is 5.10 Å². The maximum Gasteiger partial charge on any atom is 0.183 e. The van der Waals surface area contributed by atoms with E-state index in [1.165, 1.54) is 19.3 Å². The Labute approximate surface area is 159 Å². The molecule has 3 aromatic rings. The summed E-state index contributed by atoms with van der Waals surface area (Å²) < 4.78 is 4.19. The molecule has 0 bridgehead atoms. The first-order valence-corrected chi connectivity index (χ1v) is 9.95. The van der Waals surface area contributed by atoms with Crippen molar-refractivity contribution < 1.29 is 5.11 Å². The van der Waals surface area contributed by atoms with Crippen molar-refractivity contribution >= 4 is 0 Å². The summed E-state index contributed by atoms with van der Waals surface area (Å²) in [6, 6.07) is 10.1. The van der Waals surface area contributed by atoms with E-state index in [0.29, 0.717) is 11.9 Å². The van der Waals surface area contributed by atoms with Crippen molar-refractivity contribution in [3.8, 4) is 0 Å². The van der Waals surface area contributed by atoms with Gasteiger partial charge in [0.15, 0.2) is 5.82 Å². The largest absolute Gasteiger partial charge is 0.380 e. The molecule has 2 aromatic heterocycles. The summed E-state index contributed by atoms with van der Waals surface area (Å²) in [7, 11) is 0. The smallest absolute Gasteiger partial charge is 0.183 e. The number of hydrogen-bond acceptors (Lipinski definition) is 4. The molecule has 1 saturated carbocycles. The molecule has 27 heavy (non-hydrogen) atoms. The lowest BCUT2D eigenvalue weighted by atomic mass is 9.95. The van der Waals surface area contributed by atoms with E-state index in [4.69, 9.17) is 10.1 Å². The van der Waals surface area contributed by atoms with Gasteiger partial charge in [-0.15, -0.1) is 0 Å². The molecular formula is C21H27N5O. The van der Waals surface area contributed by atoms with E-state index in [2.05, 4.69) is 14.2 Å². The molecule has 1 aliphatic rings. The SMILES string of the molecule is O[C@@H](c1ccccc1)c1nc(CCCn2ccnc2)n(C2CCCCC2)n1. The van der Waals surface area contributed by atoms with Crippen LogP contribution >= 0.6 is 0 Å². The second kappa shape index (κ2) is 8.48. The monoisotopic (exact) mass is 365 g/mol. The van der Waals surface area contributed by atoms with Gasteiger partial charge in [0.2, 0.25) is 0 Å². The first-order chi connectivity index (χ1) is 13.3. The fourth-order valence-electron chi connectivity index (χ4n) is 3.90. The molecule has 2 heterocycles. The minimum absolute atomic E-state index is 0.409. The third kappa shape index (κ3) is 4.27. The lowest BCUT2D eigenvalue weighted by Crippen LogP contribution is -2.17. The predicted molar refractivity (Wildman–Crippen MR) is 103 cm³/mol. The molecule has 1 N–H and O–H groups in total. The van der Waals surface area contributed by atoms with Crippen molar-refractivity contribution in [3.63, 3.8) is 0 Å². The topological polar surface area (TPSA) is 68.8 Å². The summed E-state index contributed by atoms with van der Waals surface area (Å²) >= 11 is 0. The fraction of sp³-hybridized carbons (Fsp3) is 0.476. The van der Waals surface area contributed by atoms with Gasteiger partial charge in [-0.3, -0.25) is 0 Å². The fourth-order valence-corrected chi connectivity index (χ4v) is 3.90. The standard InChI is InChI=1S/C21H27N5O/c27-20(17-8-3-1-4-9-17)21-23-19(12-7-14-25-15-13-22-16-25)26(24-21)18-10-5-2-6-11-18/h1,3-4,8-9,13,15-16,18,20,27H,2,5-7,10-12,14H2/t20-/m0/s1. The van der Waals surface area contributed by atoms with Gasteiger partial charge in [0.05, 0.1) is 12.4 Å². The molecule has 1 aromatic carbocycles. The van der Waals surface area contributed by atoms with Gasteiger partial charge in [-0.25, -0.2) is 14.6 Å². The van der Waals surface area contributed by atoms with Crippen LogP contribution in [0.1, 0.15) is 67.9 Å². The summed E-state index contributed by atoms with van der Waals surface area (Å²) in [6.07, 6.45) is 12.8. The molecular weight excluding hydrogens is 338 g/mol. The molecule has 1 fully saturated rings. The van der Waals surface area contributed by atoms with Gasteiger partial charge >= 0.3 is 0 Å². The van der Waals surface area contributed by atoms with E-state index in [9.17, 15) is 5.11 Å². The van der Waals surface area contributed by atoms with Crippen LogP contribution in [0.3, 0.4) is 0 Å². The number of aliphatic hydroxyl groups excluding tert-OH is 1. The summed E-state index contributed by atoms with van der Waals surface area (Å²) in [5, 5.41) is 15.5. The molecule has 0 spiro atoms. The highest BCUT2D eigenvalue weighted by Crippen LogP contribution is 2.30. The Kier molecular flexibility index (Phi) is 5.63. The van der Waals surface area contributed by atoms with Crippen molar-refractivity contribution in [2.75, 3.05) is 0 Å². The Balaban J connectivity index is 1.54. The normalized spacial score (nSPS) is 16.5. The van der Waals surface area contributed by atoms with Gasteiger partial charge in [0, 0.05) is 25.4 Å². The highest BCUT2D eigenvalue weighted by atomic mass is 16.3. The van der Waals surface area contributed by atoms with Crippen molar-refractivity contribution in [1.29, 1.82) is 0 Å². The molecule has 1 aliphatic carbocycles. The molecule has 6 nitrogen and oxygen atoms in total. The summed E-state index contributed by atoms with van der Waals surface area (Å²) in [5.41, 5.74) is 0.836. The third-order valence-electron chi connectivity index (χ3n) is 5.37. The predicted octanol–water partition coefficient (Wildman–Crippen LogP) is 3.69. The second-order valence-electron chi connectivity index (χ2n) is 7.34. The molecule has 0 aliphatic heterocycles. The van der Waals surface area contributed by atoms with Crippen LogP contribution in [0.15, 0.2) is 49.1 Å². The molecule has 1 atom stereocenters. The number of nitrogens with zero attached hydrogens (tertiary/aromatic N) is 5. The highest BCUT2D eigenvalue weighted by molar-refractivity contribution is 5.22. The van der Waals surface area contributed by atoms with Gasteiger partial charge in [0.25, 0.3) is 0 Å². The van der Waals surface area contributed by atoms with Crippen LogP contribution in [-0.4, -0.2) is 29.4 Å². The average Bonchev–Trinajstić information content (AvgIpc) is 3.39. The molecule has 142 valence electrons. The van der Waals surface area contributed by atoms with Crippen LogP contribution < -0.4 is 0 Å². The minimum Gasteiger partial charge on any atom is -0.380 e. The Morgan fingerprint density at radius 3 is 2.67 bits per heavy atom. The van der Waals surface area contributed by atoms with E-state index in [1.54, 1.807) is 6.20 Å². The van der Waals surface area contributed by atoms with E-state index < -0.39 is 6.10 Å². The van der Waals surface area contributed by atoms with Crippen molar-refractivity contribution in [1.82, 2.24) is 24.3 Å². The molecule has 0 amide bonds. The Morgan fingerprint density at radius 1 is 1.11 bits per heavy atom. The first-order valence-electron chi connectivity index (χ1n) is 9.95. The van der Waals surface area contributed by atoms with E-state index in [1.807, 2.05) is 42.9 Å². The number of benzene rings is 1. The summed E-state index contributed by atoms with van der Waals surface area (Å²) in [6.45, 7) is 0.911. The quantitative estimate of drug-likeness (QED) is 0.693. The number of rotatable bonds is 7. The molecule has 0 saturated heterocycles. The van der Waals surface area contributed by atoms with Crippen LogP contribution in [0.2, 0.25) is 0 Å². The van der Waals surface area contributed by atoms with Crippen LogP contribution in [0.25, 0.3) is 0 Å². The third-order valence-corrected chi connectivity index (χ3v) is 5.37. The van der Waals surface area contributed by atoms with E-state index >= 15 is 0 Å². The van der Waals surface area contributed by atoms with Crippen LogP contribution in [0.5, 0.6) is 0 Å². The molecule has 0 unspecified atom stereocenters. The maximum atomic E-state index is 10.8. The number of aliphatic hydroxyl groups is 1. The molecule has 0 radical (unpaired) electrons. The van der Waals surface area contributed by atoms with Crippen LogP contribution in [0, 0.1) is 0 Å². The van der Waals surface area contributed by atoms with Gasteiger partial charge in [-0.1, -0.05) is 49.6 Å². The number of imidazole rings is 1. The lowest BCUT2D eigenvalue weighted by molar-refractivity contribution is 0.208. The minimum atomic E-state index is -0.775. The zero-order valence-corrected chi connectivity index (χ0v) is 15.6. The highest BCUT2D eigenvalue weighted by Gasteiger charge is 2.24. The Hall–Kier alpha value is -2.47. The Bertz CT molecular complexity index is 822. The Morgan fingerprint density at radius 2 is 1.93 bits per heavy atom. The van der Waals surface area contributed by atoms with Gasteiger partial charge in [0.1, 0.15) is 11.9 Å². The summed E-state index contributed by atoms with van der Waals surface area (Å²) in [5.74, 6) is 1.51. The van der Waals surface area contributed by atoms with Crippen LogP contribution in [-0.2, 0) is 13.0 Å².